The Labute approximate surface area is 147 Å². The molecule has 0 bridgehead atoms. The Bertz CT molecular complexity index is 955. The minimum Gasteiger partial charge on any atom is -0.497 e. The number of benzene rings is 1. The van der Waals surface area contributed by atoms with E-state index in [0.717, 1.165) is 35.3 Å². The molecule has 1 aliphatic carbocycles. The van der Waals surface area contributed by atoms with Crippen LogP contribution >= 0.6 is 11.3 Å². The van der Waals surface area contributed by atoms with Crippen LogP contribution in [0.5, 0.6) is 5.75 Å². The normalized spacial score (nSPS) is 19.0. The fraction of sp³-hybridized carbons (Fsp3) is 0.222. The summed E-state index contributed by atoms with van der Waals surface area (Å²) in [5.41, 5.74) is 7.32. The molecule has 1 aromatic carbocycles. The van der Waals surface area contributed by atoms with Crippen LogP contribution in [0, 0.1) is 5.82 Å². The molecule has 3 N–H and O–H groups in total. The number of nitrogens with zero attached hydrogens (tertiary/aromatic N) is 1. The Hall–Kier alpha value is -2.67. The largest absolute Gasteiger partial charge is 0.497 e. The molecule has 0 radical (unpaired) electrons. The summed E-state index contributed by atoms with van der Waals surface area (Å²) < 4.78 is 19.6. The molecule has 1 amide bonds. The Morgan fingerprint density at radius 2 is 2.12 bits per heavy atom. The average Bonchev–Trinajstić information content (AvgIpc) is 3.29. The average molecular weight is 357 g/mol. The smallest absolute Gasteiger partial charge is 0.263 e. The quantitative estimate of drug-likeness (QED) is 0.751. The molecule has 0 spiro atoms. The van der Waals surface area contributed by atoms with Gasteiger partial charge in [-0.2, -0.15) is 0 Å². The highest BCUT2D eigenvalue weighted by atomic mass is 32.1. The second-order valence-corrected chi connectivity index (χ2v) is 7.09. The first kappa shape index (κ1) is 15.8. The Balaban J connectivity index is 1.50. The number of ether oxygens (including phenoxy) is 1. The van der Waals surface area contributed by atoms with Crippen molar-refractivity contribution in [3.8, 4) is 5.75 Å². The van der Waals surface area contributed by atoms with Crippen molar-refractivity contribution in [1.29, 1.82) is 0 Å². The van der Waals surface area contributed by atoms with Gasteiger partial charge in [-0.15, -0.1) is 11.3 Å². The SMILES string of the molecule is COc1ccc(C2CC2NC(=O)c2sc3cncc(F)c3c2N)cc1. The van der Waals surface area contributed by atoms with Crippen molar-refractivity contribution in [3.05, 3.63) is 52.9 Å². The maximum absolute atomic E-state index is 13.9. The number of nitrogen functional groups attached to an aromatic ring is 1. The third kappa shape index (κ3) is 2.80. The zero-order valence-corrected chi connectivity index (χ0v) is 14.3. The number of anilines is 1. The van der Waals surface area contributed by atoms with Crippen LogP contribution in [-0.2, 0) is 0 Å². The van der Waals surface area contributed by atoms with E-state index < -0.39 is 5.82 Å². The lowest BCUT2D eigenvalue weighted by molar-refractivity contribution is 0.0955. The summed E-state index contributed by atoms with van der Waals surface area (Å²) in [7, 11) is 1.63. The molecule has 2 unspecified atom stereocenters. The maximum atomic E-state index is 13.9. The Morgan fingerprint density at radius 3 is 2.80 bits per heavy atom. The summed E-state index contributed by atoms with van der Waals surface area (Å²) in [5.74, 6) is 0.314. The van der Waals surface area contributed by atoms with Crippen LogP contribution in [0.25, 0.3) is 10.1 Å². The Kier molecular flexibility index (Phi) is 3.80. The molecule has 25 heavy (non-hydrogen) atoms. The summed E-state index contributed by atoms with van der Waals surface area (Å²) in [4.78, 5) is 16.7. The lowest BCUT2D eigenvalue weighted by atomic mass is 10.1. The second kappa shape index (κ2) is 6.00. The van der Waals surface area contributed by atoms with Crippen molar-refractivity contribution in [2.45, 2.75) is 18.4 Å². The summed E-state index contributed by atoms with van der Waals surface area (Å²) >= 11 is 1.16. The van der Waals surface area contributed by atoms with Crippen LogP contribution in [0.15, 0.2) is 36.7 Å². The number of fused-ring (bicyclic) bond motifs is 1. The number of rotatable bonds is 4. The predicted molar refractivity (Wildman–Crippen MR) is 95.6 cm³/mol. The molecule has 0 aliphatic heterocycles. The molecule has 1 aliphatic rings. The number of aromatic nitrogens is 1. The van der Waals surface area contributed by atoms with Crippen LogP contribution in [0.3, 0.4) is 0 Å². The maximum Gasteiger partial charge on any atom is 0.263 e. The standard InChI is InChI=1S/C18H16FN3O2S/c1-24-10-4-2-9(3-5-10)11-6-13(11)22-18(23)17-16(20)15-12(19)7-21-8-14(15)25-17/h2-5,7-8,11,13H,6,20H2,1H3,(H,22,23). The molecule has 1 saturated carbocycles. The fourth-order valence-corrected chi connectivity index (χ4v) is 4.02. The number of thiophene rings is 1. The van der Waals surface area contributed by atoms with Gasteiger partial charge in [0.15, 0.2) is 5.82 Å². The molecule has 1 fully saturated rings. The third-order valence-corrected chi connectivity index (χ3v) is 5.59. The summed E-state index contributed by atoms with van der Waals surface area (Å²) in [6.45, 7) is 0. The molecule has 5 nitrogen and oxygen atoms in total. The van der Waals surface area contributed by atoms with E-state index in [1.807, 2.05) is 24.3 Å². The van der Waals surface area contributed by atoms with E-state index in [9.17, 15) is 9.18 Å². The fourth-order valence-electron chi connectivity index (χ4n) is 3.01. The van der Waals surface area contributed by atoms with Gasteiger partial charge in [0.05, 0.1) is 29.1 Å². The van der Waals surface area contributed by atoms with Gasteiger partial charge in [0.2, 0.25) is 0 Å². The molecule has 2 aromatic heterocycles. The lowest BCUT2D eigenvalue weighted by Crippen LogP contribution is -2.26. The number of nitrogens with one attached hydrogen (secondary N) is 1. The number of carbonyl (C=O) groups excluding carboxylic acids is 1. The van der Waals surface area contributed by atoms with Gasteiger partial charge in [0.25, 0.3) is 5.91 Å². The molecule has 2 heterocycles. The van der Waals surface area contributed by atoms with Crippen LogP contribution < -0.4 is 15.8 Å². The van der Waals surface area contributed by atoms with Gasteiger partial charge in [-0.1, -0.05) is 12.1 Å². The van der Waals surface area contributed by atoms with Crippen molar-refractivity contribution < 1.29 is 13.9 Å². The monoisotopic (exact) mass is 357 g/mol. The number of pyridine rings is 1. The predicted octanol–water partition coefficient (Wildman–Crippen LogP) is 3.31. The summed E-state index contributed by atoms with van der Waals surface area (Å²) in [5, 5.41) is 3.26. The number of methoxy groups -OCH3 is 1. The van der Waals surface area contributed by atoms with Gasteiger partial charge in [0.1, 0.15) is 10.6 Å². The van der Waals surface area contributed by atoms with Crippen LogP contribution in [0.2, 0.25) is 0 Å². The highest BCUT2D eigenvalue weighted by molar-refractivity contribution is 7.21. The zero-order chi connectivity index (χ0) is 17.6. The number of halogens is 1. The van der Waals surface area contributed by atoms with Crippen LogP contribution in [-0.4, -0.2) is 24.0 Å². The van der Waals surface area contributed by atoms with E-state index in [0.29, 0.717) is 9.58 Å². The lowest BCUT2D eigenvalue weighted by Gasteiger charge is -2.05. The molecule has 7 heteroatoms. The number of carbonyl (C=O) groups is 1. The molecule has 0 saturated heterocycles. The molecule has 4 rings (SSSR count). The van der Waals surface area contributed by atoms with Gasteiger partial charge in [-0.05, 0) is 24.1 Å². The second-order valence-electron chi connectivity index (χ2n) is 6.03. The minimum atomic E-state index is -0.507. The molecule has 2 atom stereocenters. The number of nitrogens with two attached hydrogens (primary N) is 1. The highest BCUT2D eigenvalue weighted by Gasteiger charge is 2.40. The summed E-state index contributed by atoms with van der Waals surface area (Å²) in [6.07, 6.45) is 3.50. The van der Waals surface area contributed by atoms with Gasteiger partial charge in [-0.3, -0.25) is 9.78 Å². The van der Waals surface area contributed by atoms with Gasteiger partial charge in [0, 0.05) is 18.2 Å². The zero-order valence-electron chi connectivity index (χ0n) is 13.5. The first-order valence-electron chi connectivity index (χ1n) is 7.84. The highest BCUT2D eigenvalue weighted by Crippen LogP contribution is 2.42. The Morgan fingerprint density at radius 1 is 1.36 bits per heavy atom. The minimum absolute atomic E-state index is 0.0634. The van der Waals surface area contributed by atoms with Gasteiger partial charge in [-0.25, -0.2) is 4.39 Å². The van der Waals surface area contributed by atoms with E-state index >= 15 is 0 Å². The van der Waals surface area contributed by atoms with Crippen molar-refractivity contribution in [3.63, 3.8) is 0 Å². The van der Waals surface area contributed by atoms with Crippen LogP contribution in [0.1, 0.15) is 27.6 Å². The van der Waals surface area contributed by atoms with E-state index in [1.54, 1.807) is 7.11 Å². The third-order valence-electron chi connectivity index (χ3n) is 4.45. The number of hydrogen-bond acceptors (Lipinski definition) is 5. The van der Waals surface area contributed by atoms with Gasteiger partial charge >= 0.3 is 0 Å². The topological polar surface area (TPSA) is 77.2 Å². The van der Waals surface area contributed by atoms with E-state index in [1.165, 1.54) is 6.20 Å². The van der Waals surface area contributed by atoms with E-state index in [2.05, 4.69) is 10.3 Å². The van der Waals surface area contributed by atoms with Crippen molar-refractivity contribution in [1.82, 2.24) is 10.3 Å². The molecule has 128 valence electrons. The van der Waals surface area contributed by atoms with Crippen molar-refractivity contribution in [2.75, 3.05) is 12.8 Å². The van der Waals surface area contributed by atoms with Gasteiger partial charge < -0.3 is 15.8 Å². The first-order chi connectivity index (χ1) is 12.1. The number of hydrogen-bond donors (Lipinski definition) is 2. The first-order valence-corrected chi connectivity index (χ1v) is 8.66. The molecular formula is C18H16FN3O2S. The molecular weight excluding hydrogens is 341 g/mol. The van der Waals surface area contributed by atoms with E-state index in [4.69, 9.17) is 10.5 Å². The summed E-state index contributed by atoms with van der Waals surface area (Å²) in [6, 6.07) is 7.89. The van der Waals surface area contributed by atoms with Crippen molar-refractivity contribution in [2.24, 2.45) is 0 Å². The van der Waals surface area contributed by atoms with Crippen molar-refractivity contribution >= 4 is 33.0 Å². The number of amides is 1. The van der Waals surface area contributed by atoms with Crippen LogP contribution in [0.4, 0.5) is 10.1 Å². The van der Waals surface area contributed by atoms with E-state index in [-0.39, 0.29) is 28.9 Å². The molecule has 3 aromatic rings.